The zero-order valence-electron chi connectivity index (χ0n) is 33.9. The summed E-state index contributed by atoms with van der Waals surface area (Å²) in [5.41, 5.74) is -0.0404. The Morgan fingerprint density at radius 2 is 1.90 bits per heavy atom. The topological polar surface area (TPSA) is 206 Å². The number of allylic oxidation sites excluding steroid dienone is 1. The van der Waals surface area contributed by atoms with Crippen molar-refractivity contribution >= 4 is 44.7 Å². The van der Waals surface area contributed by atoms with Gasteiger partial charge in [-0.3, -0.25) is 24.0 Å². The predicted octanol–water partition coefficient (Wildman–Crippen LogP) is 3.20. The number of amides is 4. The lowest BCUT2D eigenvalue weighted by molar-refractivity contribution is -0.141. The van der Waals surface area contributed by atoms with E-state index in [1.54, 1.807) is 6.92 Å². The van der Waals surface area contributed by atoms with Crippen LogP contribution in [0, 0.1) is 5.92 Å². The molecule has 1 aromatic carbocycles. The molecule has 59 heavy (non-hydrogen) atoms. The van der Waals surface area contributed by atoms with Crippen molar-refractivity contribution in [3.05, 3.63) is 41.6 Å². The van der Waals surface area contributed by atoms with Crippen LogP contribution in [0.15, 0.2) is 30.4 Å². The fourth-order valence-corrected chi connectivity index (χ4v) is 10.5. The lowest BCUT2D eigenvalue weighted by atomic mass is 9.87. The van der Waals surface area contributed by atoms with Crippen molar-refractivity contribution in [1.29, 1.82) is 0 Å². The Morgan fingerprint density at radius 3 is 2.64 bits per heavy atom. The van der Waals surface area contributed by atoms with Gasteiger partial charge in [0.1, 0.15) is 41.3 Å². The largest absolute Gasteiger partial charge is 0.492 e. The molecule has 2 aromatic rings. The van der Waals surface area contributed by atoms with Gasteiger partial charge in [0.25, 0.3) is 5.91 Å². The lowest BCUT2D eigenvalue weighted by Crippen LogP contribution is -2.58. The molecule has 2 aliphatic carbocycles. The van der Waals surface area contributed by atoms with Crippen LogP contribution < -0.4 is 24.8 Å². The second-order valence-corrected chi connectivity index (χ2v) is 19.6. The monoisotopic (exact) mass is 836 g/mol. The van der Waals surface area contributed by atoms with Crippen molar-refractivity contribution in [2.45, 2.75) is 119 Å². The van der Waals surface area contributed by atoms with Crippen molar-refractivity contribution < 1.29 is 46.9 Å². The van der Waals surface area contributed by atoms with E-state index in [1.165, 1.54) is 4.90 Å². The third-order valence-corrected chi connectivity index (χ3v) is 15.4. The summed E-state index contributed by atoms with van der Waals surface area (Å²) < 4.78 is 46.3. The minimum atomic E-state index is -4.00. The number of aryl methyl sites for hydroxylation is 2. The van der Waals surface area contributed by atoms with Gasteiger partial charge in [-0.15, -0.1) is 0 Å². The standard InChI is InChI=1S/C42H56N6O10S/c1-3-31-35-29(30-23-28(11-12-32(30)43-31)57-22-19-47-17-20-56-21-18-47)13-14-41(58-35)25-34-36(49)45-42(38(51)46-59(54,55)40(2)15-16-40)24-27(42)9-7-5-4-6-8-10-33(44-39(52)53)37(50)48(34)26-41/h7,9,11-12,23,27,33-34,44H,3-6,8,10,13-22,24-26H2,1-2H3,(H,45,49)(H,46,51)(H,52,53)/b9-7-/t27-,33+,34+,41-,42-/m1/s1. The molecule has 5 atom stereocenters. The first-order chi connectivity index (χ1) is 28.3. The van der Waals surface area contributed by atoms with Gasteiger partial charge < -0.3 is 34.9 Å². The number of fused-ring (bicyclic) bond motifs is 5. The minimum Gasteiger partial charge on any atom is -0.492 e. The smallest absolute Gasteiger partial charge is 0.405 e. The first-order valence-corrected chi connectivity index (χ1v) is 22.7. The molecule has 4 N–H and O–H groups in total. The van der Waals surface area contributed by atoms with Crippen LogP contribution in [-0.4, -0.2) is 126 Å². The van der Waals surface area contributed by atoms with Crippen LogP contribution in [0.25, 0.3) is 10.9 Å². The molecule has 0 radical (unpaired) electrons. The van der Waals surface area contributed by atoms with Crippen molar-refractivity contribution in [3.63, 3.8) is 0 Å². The summed E-state index contributed by atoms with van der Waals surface area (Å²) in [5, 5.41) is 16.0. The molecule has 4 aliphatic heterocycles. The van der Waals surface area contributed by atoms with Crippen molar-refractivity contribution in [1.82, 2.24) is 30.1 Å². The van der Waals surface area contributed by atoms with Gasteiger partial charge in [-0.1, -0.05) is 31.9 Å². The number of ether oxygens (including phenoxy) is 3. The number of sulfonamides is 1. The third-order valence-electron chi connectivity index (χ3n) is 13.3. The van der Waals surface area contributed by atoms with Crippen LogP contribution in [0.2, 0.25) is 0 Å². The third kappa shape index (κ3) is 8.34. The molecule has 8 rings (SSSR count). The summed E-state index contributed by atoms with van der Waals surface area (Å²) in [6.07, 6.45) is 8.16. The van der Waals surface area contributed by atoms with Crippen molar-refractivity contribution in [3.8, 4) is 11.5 Å². The summed E-state index contributed by atoms with van der Waals surface area (Å²) in [7, 11) is -4.00. The summed E-state index contributed by atoms with van der Waals surface area (Å²) in [4.78, 5) is 63.8. The molecule has 2 saturated carbocycles. The van der Waals surface area contributed by atoms with Gasteiger partial charge in [0, 0.05) is 42.9 Å². The molecule has 4 amide bonds. The number of hydrogen-bond acceptors (Lipinski definition) is 11. The normalized spacial score (nSPS) is 30.1. The molecular weight excluding hydrogens is 781 g/mol. The number of aromatic nitrogens is 1. The Balaban J connectivity index is 1.09. The highest BCUT2D eigenvalue weighted by Gasteiger charge is 2.64. The van der Waals surface area contributed by atoms with Gasteiger partial charge in [-0.25, -0.2) is 18.2 Å². The molecule has 0 unspecified atom stereocenters. The maximum absolute atomic E-state index is 14.6. The van der Waals surface area contributed by atoms with E-state index in [0.717, 1.165) is 60.4 Å². The highest BCUT2D eigenvalue weighted by Crippen LogP contribution is 2.49. The second-order valence-electron chi connectivity index (χ2n) is 17.4. The van der Waals surface area contributed by atoms with Crippen LogP contribution in [0.1, 0.15) is 89.3 Å². The quantitative estimate of drug-likeness (QED) is 0.269. The molecule has 2 saturated heterocycles. The fourth-order valence-electron chi connectivity index (χ4n) is 9.17. The number of nitrogens with zero attached hydrogens (tertiary/aromatic N) is 3. The van der Waals surface area contributed by atoms with Gasteiger partial charge in [-0.2, -0.15) is 0 Å². The van der Waals surface area contributed by atoms with Crippen LogP contribution >= 0.6 is 0 Å². The van der Waals surface area contributed by atoms with E-state index in [2.05, 4.69) is 20.3 Å². The van der Waals surface area contributed by atoms with Gasteiger partial charge >= 0.3 is 6.09 Å². The first kappa shape index (κ1) is 41.3. The van der Waals surface area contributed by atoms with Gasteiger partial charge in [-0.05, 0) is 82.9 Å². The summed E-state index contributed by atoms with van der Waals surface area (Å²) in [6, 6.07) is 3.63. The number of carbonyl (C=O) groups is 4. The molecule has 1 aromatic heterocycles. The zero-order valence-corrected chi connectivity index (χ0v) is 34.7. The van der Waals surface area contributed by atoms with E-state index in [9.17, 15) is 32.7 Å². The number of carboxylic acid groups (broad SMARTS) is 1. The molecule has 0 bridgehead atoms. The van der Waals surface area contributed by atoms with Gasteiger partial charge in [0.05, 0.1) is 35.7 Å². The highest BCUT2D eigenvalue weighted by atomic mass is 32.2. The number of benzene rings is 1. The van der Waals surface area contributed by atoms with E-state index in [0.29, 0.717) is 70.5 Å². The lowest BCUT2D eigenvalue weighted by Gasteiger charge is -2.37. The van der Waals surface area contributed by atoms with E-state index < -0.39 is 67.7 Å². The summed E-state index contributed by atoms with van der Waals surface area (Å²) in [6.45, 7) is 8.07. The highest BCUT2D eigenvalue weighted by molar-refractivity contribution is 7.91. The minimum absolute atomic E-state index is 0.00228. The van der Waals surface area contributed by atoms with E-state index in [1.807, 2.05) is 37.3 Å². The Hall–Kier alpha value is -4.48. The number of morpholine rings is 1. The SMILES string of the molecule is CCc1nc2ccc(OCCN3CCOCC3)cc2c2c1O[C@]1(CC2)C[C@H]2C(=O)N[C@]3(C(=O)NS(=O)(=O)C4(C)CC4)C[C@H]3/C=C\CCCCC[C@H](NC(=O)O)C(=O)N2C1. The Labute approximate surface area is 344 Å². The Morgan fingerprint density at radius 1 is 1.10 bits per heavy atom. The molecule has 4 fully saturated rings. The van der Waals surface area contributed by atoms with E-state index >= 15 is 0 Å². The predicted molar refractivity (Wildman–Crippen MR) is 217 cm³/mol. The zero-order chi connectivity index (χ0) is 41.6. The molecular formula is C42H56N6O10S. The molecule has 16 nitrogen and oxygen atoms in total. The Bertz CT molecular complexity index is 2140. The van der Waals surface area contributed by atoms with Gasteiger partial charge in [0.15, 0.2) is 0 Å². The second kappa shape index (κ2) is 16.2. The van der Waals surface area contributed by atoms with Crippen LogP contribution in [0.4, 0.5) is 4.79 Å². The number of carbonyl (C=O) groups excluding carboxylic acids is 3. The molecule has 17 heteroatoms. The Kier molecular flexibility index (Phi) is 11.3. The number of hydrogen-bond donors (Lipinski definition) is 4. The number of rotatable bonds is 9. The first-order valence-electron chi connectivity index (χ1n) is 21.2. The maximum atomic E-state index is 14.6. The fraction of sp³-hybridized carbons (Fsp3) is 0.643. The van der Waals surface area contributed by atoms with Crippen LogP contribution in [-0.2, 0) is 42.0 Å². The summed E-state index contributed by atoms with van der Waals surface area (Å²) in [5.74, 6) is -1.09. The average Bonchev–Trinajstić information content (AvgIpc) is 4.11. The van der Waals surface area contributed by atoms with Crippen molar-refractivity contribution in [2.24, 2.45) is 5.92 Å². The van der Waals surface area contributed by atoms with Crippen LogP contribution in [0.5, 0.6) is 11.5 Å². The average molecular weight is 837 g/mol. The van der Waals surface area contributed by atoms with Crippen LogP contribution in [0.3, 0.4) is 0 Å². The molecule has 6 aliphatic rings. The van der Waals surface area contributed by atoms with E-state index in [-0.39, 0.29) is 25.8 Å². The number of nitrogens with one attached hydrogen (secondary N) is 3. The van der Waals surface area contributed by atoms with Crippen molar-refractivity contribution in [2.75, 3.05) is 46.0 Å². The summed E-state index contributed by atoms with van der Waals surface area (Å²) >= 11 is 0. The van der Waals surface area contributed by atoms with Gasteiger partial charge in [0.2, 0.25) is 21.8 Å². The molecule has 1 spiro atoms. The maximum Gasteiger partial charge on any atom is 0.405 e. The number of pyridine rings is 1. The molecule has 5 heterocycles. The molecule has 320 valence electrons. The van der Waals surface area contributed by atoms with E-state index in [4.69, 9.17) is 19.2 Å².